The fourth-order valence-corrected chi connectivity index (χ4v) is 3.06. The third-order valence-electron chi connectivity index (χ3n) is 4.48. The molecule has 0 saturated heterocycles. The molecule has 1 atom stereocenters. The van der Waals surface area contributed by atoms with Gasteiger partial charge in [0.2, 0.25) is 0 Å². The van der Waals surface area contributed by atoms with Crippen LogP contribution in [0.3, 0.4) is 0 Å². The molecule has 0 bridgehead atoms. The molecule has 2 aromatic rings. The molecule has 0 aromatic heterocycles. The summed E-state index contributed by atoms with van der Waals surface area (Å²) in [6.45, 7) is 5.51. The number of fused-ring (bicyclic) bond motifs is 1. The number of esters is 2. The number of carbonyl (C=O) groups is 2. The van der Waals surface area contributed by atoms with E-state index in [1.54, 1.807) is 36.4 Å². The third-order valence-corrected chi connectivity index (χ3v) is 4.48. The first kappa shape index (κ1) is 20.5. The quantitative estimate of drug-likeness (QED) is 0.468. The minimum Gasteiger partial charge on any atom is -0.508 e. The predicted molar refractivity (Wildman–Crippen MR) is 107 cm³/mol. The summed E-state index contributed by atoms with van der Waals surface area (Å²) < 4.78 is 16.5. The standard InChI is InChI=1S/C23H24O6/c1-14(2)4-5-16-10-18(7-9-21(16)28-15(3)24)23(26)29-20-11-17-6-8-19(25)12-22(17)27-13-20/h4,6-10,12,20,25H,5,11,13H2,1-3H3. The van der Waals surface area contributed by atoms with Gasteiger partial charge in [-0.3, -0.25) is 4.79 Å². The number of rotatable bonds is 5. The van der Waals surface area contributed by atoms with Gasteiger partial charge in [-0.15, -0.1) is 0 Å². The van der Waals surface area contributed by atoms with Crippen LogP contribution in [0.15, 0.2) is 48.0 Å². The normalized spacial score (nSPS) is 14.9. The average Bonchev–Trinajstić information content (AvgIpc) is 2.66. The highest BCUT2D eigenvalue weighted by molar-refractivity contribution is 5.90. The lowest BCUT2D eigenvalue weighted by atomic mass is 10.0. The van der Waals surface area contributed by atoms with Crippen LogP contribution in [0.4, 0.5) is 0 Å². The van der Waals surface area contributed by atoms with Gasteiger partial charge in [-0.25, -0.2) is 4.79 Å². The van der Waals surface area contributed by atoms with Gasteiger partial charge in [0.25, 0.3) is 0 Å². The maximum Gasteiger partial charge on any atom is 0.338 e. The van der Waals surface area contributed by atoms with E-state index in [0.717, 1.165) is 16.7 Å². The van der Waals surface area contributed by atoms with E-state index in [4.69, 9.17) is 14.2 Å². The van der Waals surface area contributed by atoms with Crippen molar-refractivity contribution in [1.29, 1.82) is 0 Å². The SMILES string of the molecule is CC(=O)Oc1ccc(C(=O)OC2COc3cc(O)ccc3C2)cc1CC=C(C)C. The van der Waals surface area contributed by atoms with E-state index in [2.05, 4.69) is 0 Å². The highest BCUT2D eigenvalue weighted by atomic mass is 16.6. The first-order valence-electron chi connectivity index (χ1n) is 9.42. The van der Waals surface area contributed by atoms with E-state index < -0.39 is 18.0 Å². The van der Waals surface area contributed by atoms with Gasteiger partial charge in [-0.2, -0.15) is 0 Å². The van der Waals surface area contributed by atoms with Gasteiger partial charge < -0.3 is 19.3 Å². The molecule has 1 aliphatic rings. The second kappa shape index (κ2) is 8.82. The summed E-state index contributed by atoms with van der Waals surface area (Å²) >= 11 is 0. The molecule has 6 nitrogen and oxygen atoms in total. The van der Waals surface area contributed by atoms with Gasteiger partial charge in [-0.05, 0) is 55.7 Å². The van der Waals surface area contributed by atoms with Crippen molar-refractivity contribution in [3.63, 3.8) is 0 Å². The number of carbonyl (C=O) groups excluding carboxylic acids is 2. The molecule has 152 valence electrons. The molecule has 0 aliphatic carbocycles. The summed E-state index contributed by atoms with van der Waals surface area (Å²) in [6.07, 6.45) is 2.63. The topological polar surface area (TPSA) is 82.1 Å². The fourth-order valence-electron chi connectivity index (χ4n) is 3.06. The summed E-state index contributed by atoms with van der Waals surface area (Å²) in [4.78, 5) is 24.0. The highest BCUT2D eigenvalue weighted by Gasteiger charge is 2.24. The number of ether oxygens (including phenoxy) is 3. The third kappa shape index (κ3) is 5.38. The lowest BCUT2D eigenvalue weighted by Gasteiger charge is -2.25. The van der Waals surface area contributed by atoms with Crippen molar-refractivity contribution >= 4 is 11.9 Å². The minimum atomic E-state index is -0.464. The summed E-state index contributed by atoms with van der Waals surface area (Å²) in [5.41, 5.74) is 3.11. The van der Waals surface area contributed by atoms with Gasteiger partial charge in [0, 0.05) is 19.4 Å². The van der Waals surface area contributed by atoms with Crippen molar-refractivity contribution in [2.45, 2.75) is 39.7 Å². The molecular weight excluding hydrogens is 372 g/mol. The largest absolute Gasteiger partial charge is 0.508 e. The number of benzene rings is 2. The van der Waals surface area contributed by atoms with E-state index in [1.165, 1.54) is 6.92 Å². The molecule has 6 heteroatoms. The second-order valence-electron chi connectivity index (χ2n) is 7.24. The van der Waals surface area contributed by atoms with Crippen LogP contribution in [0.1, 0.15) is 42.3 Å². The van der Waals surface area contributed by atoms with Gasteiger partial charge in [0.15, 0.2) is 0 Å². The average molecular weight is 396 g/mol. The number of phenols is 1. The first-order valence-corrected chi connectivity index (χ1v) is 9.42. The van der Waals surface area contributed by atoms with Crippen LogP contribution in [0.25, 0.3) is 0 Å². The molecule has 2 aromatic carbocycles. The molecule has 3 rings (SSSR count). The lowest BCUT2D eigenvalue weighted by Crippen LogP contribution is -2.31. The van der Waals surface area contributed by atoms with Gasteiger partial charge in [0.05, 0.1) is 5.56 Å². The van der Waals surface area contributed by atoms with Gasteiger partial charge in [-0.1, -0.05) is 17.7 Å². The van der Waals surface area contributed by atoms with E-state index in [0.29, 0.717) is 29.9 Å². The second-order valence-corrected chi connectivity index (χ2v) is 7.24. The van der Waals surface area contributed by atoms with Crippen molar-refractivity contribution in [1.82, 2.24) is 0 Å². The Morgan fingerprint density at radius 2 is 1.97 bits per heavy atom. The molecule has 0 saturated carbocycles. The maximum atomic E-state index is 12.7. The number of phenolic OH excluding ortho intramolecular Hbond substituents is 1. The molecule has 1 N–H and O–H groups in total. The molecule has 1 heterocycles. The lowest BCUT2D eigenvalue weighted by molar-refractivity contribution is -0.131. The molecule has 0 spiro atoms. The zero-order valence-electron chi connectivity index (χ0n) is 16.7. The van der Waals surface area contributed by atoms with Crippen LogP contribution in [0.2, 0.25) is 0 Å². The van der Waals surface area contributed by atoms with Crippen LogP contribution in [-0.2, 0) is 22.4 Å². The van der Waals surface area contributed by atoms with Crippen LogP contribution in [-0.4, -0.2) is 29.8 Å². The number of allylic oxidation sites excluding steroid dienone is 2. The van der Waals surface area contributed by atoms with Crippen molar-refractivity contribution in [2.24, 2.45) is 0 Å². The predicted octanol–water partition coefficient (Wildman–Crippen LogP) is 3.99. The molecule has 29 heavy (non-hydrogen) atoms. The van der Waals surface area contributed by atoms with E-state index in [-0.39, 0.29) is 12.4 Å². The Kier molecular flexibility index (Phi) is 6.22. The Morgan fingerprint density at radius 3 is 2.69 bits per heavy atom. The molecule has 0 radical (unpaired) electrons. The van der Waals surface area contributed by atoms with Crippen LogP contribution in [0.5, 0.6) is 17.2 Å². The molecule has 1 unspecified atom stereocenters. The molecule has 0 fully saturated rings. The summed E-state index contributed by atoms with van der Waals surface area (Å²) in [7, 11) is 0. The zero-order valence-corrected chi connectivity index (χ0v) is 16.7. The Hall–Kier alpha value is -3.28. The van der Waals surface area contributed by atoms with E-state index >= 15 is 0 Å². The van der Waals surface area contributed by atoms with Gasteiger partial charge in [0.1, 0.15) is 30.0 Å². The van der Waals surface area contributed by atoms with Crippen molar-refractivity contribution < 1.29 is 28.9 Å². The molecule has 1 aliphatic heterocycles. The summed E-state index contributed by atoms with van der Waals surface area (Å²) in [6, 6.07) is 9.78. The van der Waals surface area contributed by atoms with Crippen LogP contribution in [0, 0.1) is 0 Å². The number of hydrogen-bond acceptors (Lipinski definition) is 6. The van der Waals surface area contributed by atoms with E-state index in [1.807, 2.05) is 19.9 Å². The summed E-state index contributed by atoms with van der Waals surface area (Å²) in [5.74, 6) is 0.292. The zero-order chi connectivity index (χ0) is 21.0. The Balaban J connectivity index is 1.74. The Bertz CT molecular complexity index is 956. The van der Waals surface area contributed by atoms with Crippen molar-refractivity contribution in [2.75, 3.05) is 6.61 Å². The maximum absolute atomic E-state index is 12.7. The summed E-state index contributed by atoms with van der Waals surface area (Å²) in [5, 5.41) is 9.53. The highest BCUT2D eigenvalue weighted by Crippen LogP contribution is 2.30. The number of aromatic hydroxyl groups is 1. The van der Waals surface area contributed by atoms with Crippen molar-refractivity contribution in [3.05, 3.63) is 64.7 Å². The Labute approximate surface area is 169 Å². The van der Waals surface area contributed by atoms with Gasteiger partial charge >= 0.3 is 11.9 Å². The molecular formula is C23H24O6. The first-order chi connectivity index (χ1) is 13.8. The number of hydrogen-bond donors (Lipinski definition) is 1. The Morgan fingerprint density at radius 1 is 1.17 bits per heavy atom. The van der Waals surface area contributed by atoms with Crippen LogP contribution >= 0.6 is 0 Å². The smallest absolute Gasteiger partial charge is 0.338 e. The van der Waals surface area contributed by atoms with Crippen LogP contribution < -0.4 is 9.47 Å². The molecule has 0 amide bonds. The fraction of sp³-hybridized carbons (Fsp3) is 0.304. The minimum absolute atomic E-state index is 0.135. The van der Waals surface area contributed by atoms with E-state index in [9.17, 15) is 14.7 Å². The monoisotopic (exact) mass is 396 g/mol. The van der Waals surface area contributed by atoms with Crippen molar-refractivity contribution in [3.8, 4) is 17.2 Å².